The first-order valence-electron chi connectivity index (χ1n) is 6.57. The van der Waals surface area contributed by atoms with Crippen LogP contribution < -0.4 is 5.73 Å². The van der Waals surface area contributed by atoms with Crippen LogP contribution in [0.2, 0.25) is 0 Å². The summed E-state index contributed by atoms with van der Waals surface area (Å²) >= 11 is 3.38. The van der Waals surface area contributed by atoms with Crippen LogP contribution in [0.1, 0.15) is 26.2 Å². The normalized spacial score (nSPS) is 11.3. The molecule has 19 heavy (non-hydrogen) atoms. The van der Waals surface area contributed by atoms with E-state index < -0.39 is 0 Å². The fourth-order valence-corrected chi connectivity index (χ4v) is 2.22. The largest absolute Gasteiger partial charge is 0.381 e. The molecule has 2 aromatic rings. The molecule has 0 saturated heterocycles. The van der Waals surface area contributed by atoms with Gasteiger partial charge in [-0.1, -0.05) is 13.3 Å². The number of hydrogen-bond acceptors (Lipinski definition) is 4. The third-order valence-electron chi connectivity index (χ3n) is 2.89. The lowest BCUT2D eigenvalue weighted by Gasteiger charge is -2.06. The van der Waals surface area contributed by atoms with Crippen molar-refractivity contribution in [3.05, 3.63) is 16.7 Å². The summed E-state index contributed by atoms with van der Waals surface area (Å²) in [6, 6.07) is 1.92. The molecule has 0 unspecified atom stereocenters. The minimum absolute atomic E-state index is 0.508. The third kappa shape index (κ3) is 3.67. The van der Waals surface area contributed by atoms with Crippen LogP contribution in [-0.2, 0) is 11.3 Å². The zero-order valence-corrected chi connectivity index (χ0v) is 12.7. The number of rotatable bonds is 7. The lowest BCUT2D eigenvalue weighted by Crippen LogP contribution is -2.07. The second-order valence-corrected chi connectivity index (χ2v) is 5.35. The number of nitrogen functional groups attached to an aromatic ring is 1. The van der Waals surface area contributed by atoms with Crippen LogP contribution in [0, 0.1) is 0 Å². The molecule has 0 atom stereocenters. The molecular weight excluding hydrogens is 308 g/mol. The van der Waals surface area contributed by atoms with Crippen LogP contribution >= 0.6 is 15.9 Å². The molecule has 0 radical (unpaired) electrons. The summed E-state index contributed by atoms with van der Waals surface area (Å²) in [7, 11) is 0. The number of halogens is 1. The van der Waals surface area contributed by atoms with Gasteiger partial charge in [0.15, 0.2) is 5.65 Å². The fourth-order valence-electron chi connectivity index (χ4n) is 1.90. The van der Waals surface area contributed by atoms with E-state index in [4.69, 9.17) is 10.5 Å². The summed E-state index contributed by atoms with van der Waals surface area (Å²) in [6.45, 7) is 4.52. The van der Waals surface area contributed by atoms with Crippen LogP contribution in [0.5, 0.6) is 0 Å². The number of nitrogens with two attached hydrogens (primary N) is 1. The van der Waals surface area contributed by atoms with Gasteiger partial charge < -0.3 is 10.5 Å². The van der Waals surface area contributed by atoms with E-state index in [-0.39, 0.29) is 0 Å². The third-order valence-corrected chi connectivity index (χ3v) is 3.33. The summed E-state index contributed by atoms with van der Waals surface area (Å²) in [5.74, 6) is 0.508. The van der Waals surface area contributed by atoms with E-state index in [9.17, 15) is 0 Å². The van der Waals surface area contributed by atoms with E-state index in [0.29, 0.717) is 5.95 Å². The van der Waals surface area contributed by atoms with Crippen LogP contribution in [0.3, 0.4) is 0 Å². The van der Waals surface area contributed by atoms with E-state index in [1.165, 1.54) is 0 Å². The number of unbranched alkanes of at least 4 members (excludes halogenated alkanes) is 1. The van der Waals surface area contributed by atoms with Gasteiger partial charge in [0.05, 0.1) is 0 Å². The molecule has 0 aliphatic carbocycles. The Morgan fingerprint density at radius 1 is 1.37 bits per heavy atom. The van der Waals surface area contributed by atoms with Crippen LogP contribution in [0.4, 0.5) is 5.95 Å². The number of imidazole rings is 1. The number of aryl methyl sites for hydroxylation is 1. The molecule has 2 N–H and O–H groups in total. The molecule has 0 saturated carbocycles. The summed E-state index contributed by atoms with van der Waals surface area (Å²) < 4.78 is 8.39. The van der Waals surface area contributed by atoms with E-state index >= 15 is 0 Å². The van der Waals surface area contributed by atoms with Gasteiger partial charge in [0.2, 0.25) is 5.95 Å². The number of nitrogens with zero attached hydrogens (tertiary/aromatic N) is 3. The quantitative estimate of drug-likeness (QED) is 0.794. The highest BCUT2D eigenvalue weighted by Gasteiger charge is 2.09. The van der Waals surface area contributed by atoms with Crippen molar-refractivity contribution in [3.8, 4) is 0 Å². The summed E-state index contributed by atoms with van der Waals surface area (Å²) in [5, 5.41) is 0. The highest BCUT2D eigenvalue weighted by atomic mass is 79.9. The molecular formula is C13H19BrN4O. The van der Waals surface area contributed by atoms with Gasteiger partial charge >= 0.3 is 0 Å². The monoisotopic (exact) mass is 326 g/mol. The van der Waals surface area contributed by atoms with E-state index in [1.54, 1.807) is 6.20 Å². The second kappa shape index (κ2) is 6.86. The predicted octanol–water partition coefficient (Wildman–Crippen LogP) is 2.98. The van der Waals surface area contributed by atoms with Gasteiger partial charge in [-0.25, -0.2) is 9.97 Å². The first kappa shape index (κ1) is 14.3. The molecule has 0 spiro atoms. The Bertz CT molecular complexity index is 541. The Morgan fingerprint density at radius 2 is 2.16 bits per heavy atom. The molecule has 0 bridgehead atoms. The van der Waals surface area contributed by atoms with E-state index in [0.717, 1.165) is 54.7 Å². The Morgan fingerprint density at radius 3 is 2.95 bits per heavy atom. The highest BCUT2D eigenvalue weighted by molar-refractivity contribution is 9.10. The van der Waals surface area contributed by atoms with Crippen molar-refractivity contribution < 1.29 is 4.74 Å². The molecule has 2 aromatic heterocycles. The minimum Gasteiger partial charge on any atom is -0.381 e. The molecule has 0 aromatic carbocycles. The molecule has 0 aliphatic rings. The van der Waals surface area contributed by atoms with Crippen molar-refractivity contribution in [2.75, 3.05) is 18.9 Å². The fraction of sp³-hybridized carbons (Fsp3) is 0.538. The van der Waals surface area contributed by atoms with Gasteiger partial charge in [-0.05, 0) is 34.8 Å². The Hall–Kier alpha value is -1.14. The van der Waals surface area contributed by atoms with Gasteiger partial charge in [0, 0.05) is 30.4 Å². The minimum atomic E-state index is 0.508. The first-order chi connectivity index (χ1) is 9.22. The van der Waals surface area contributed by atoms with Crippen molar-refractivity contribution in [2.45, 2.75) is 32.7 Å². The van der Waals surface area contributed by atoms with E-state index in [2.05, 4.69) is 32.8 Å². The summed E-state index contributed by atoms with van der Waals surface area (Å²) in [5.41, 5.74) is 7.57. The van der Waals surface area contributed by atoms with Crippen molar-refractivity contribution in [1.82, 2.24) is 14.5 Å². The zero-order valence-electron chi connectivity index (χ0n) is 11.1. The topological polar surface area (TPSA) is 66.0 Å². The van der Waals surface area contributed by atoms with Crippen molar-refractivity contribution in [3.63, 3.8) is 0 Å². The lowest BCUT2D eigenvalue weighted by molar-refractivity contribution is 0.126. The maximum Gasteiger partial charge on any atom is 0.202 e. The highest BCUT2D eigenvalue weighted by Crippen LogP contribution is 2.19. The number of fused-ring (bicyclic) bond motifs is 1. The van der Waals surface area contributed by atoms with Gasteiger partial charge in [0.25, 0.3) is 0 Å². The molecule has 2 rings (SSSR count). The van der Waals surface area contributed by atoms with Gasteiger partial charge in [-0.15, -0.1) is 0 Å². The predicted molar refractivity (Wildman–Crippen MR) is 80.0 cm³/mol. The summed E-state index contributed by atoms with van der Waals surface area (Å²) in [4.78, 5) is 8.67. The number of pyridine rings is 1. The molecule has 6 heteroatoms. The van der Waals surface area contributed by atoms with Crippen molar-refractivity contribution in [1.29, 1.82) is 0 Å². The number of hydrogen-bond donors (Lipinski definition) is 1. The Labute approximate surface area is 121 Å². The zero-order chi connectivity index (χ0) is 13.7. The molecule has 0 amide bonds. The van der Waals surface area contributed by atoms with Gasteiger partial charge in [0.1, 0.15) is 5.52 Å². The Balaban J connectivity index is 1.95. The van der Waals surface area contributed by atoms with Crippen LogP contribution in [-0.4, -0.2) is 27.7 Å². The SMILES string of the molecule is CCCCOCCCn1c(N)nc2cc(Br)cnc21. The number of aromatic nitrogens is 3. The smallest absolute Gasteiger partial charge is 0.202 e. The van der Waals surface area contributed by atoms with Gasteiger partial charge in [-0.2, -0.15) is 0 Å². The second-order valence-electron chi connectivity index (χ2n) is 4.44. The first-order valence-corrected chi connectivity index (χ1v) is 7.36. The molecule has 2 heterocycles. The average molecular weight is 327 g/mol. The molecule has 0 aliphatic heterocycles. The number of anilines is 1. The van der Waals surface area contributed by atoms with Crippen molar-refractivity contribution >= 4 is 33.0 Å². The van der Waals surface area contributed by atoms with E-state index in [1.807, 2.05) is 10.6 Å². The Kier molecular flexibility index (Phi) is 5.15. The summed E-state index contributed by atoms with van der Waals surface area (Å²) in [6.07, 6.45) is 4.96. The molecule has 104 valence electrons. The van der Waals surface area contributed by atoms with Crippen molar-refractivity contribution in [2.24, 2.45) is 0 Å². The van der Waals surface area contributed by atoms with Crippen LogP contribution in [0.25, 0.3) is 11.2 Å². The maximum absolute atomic E-state index is 5.92. The standard InChI is InChI=1S/C13H19BrN4O/c1-2-3-6-19-7-4-5-18-12-11(17-13(18)15)8-10(14)9-16-12/h8-9H,2-7H2,1H3,(H2,15,17). The van der Waals surface area contributed by atoms with Gasteiger partial charge in [-0.3, -0.25) is 4.57 Å². The maximum atomic E-state index is 5.92. The molecule has 5 nitrogen and oxygen atoms in total. The number of ether oxygens (including phenoxy) is 1. The van der Waals surface area contributed by atoms with Crippen LogP contribution in [0.15, 0.2) is 16.7 Å². The average Bonchev–Trinajstić information content (AvgIpc) is 2.69. The lowest BCUT2D eigenvalue weighted by atomic mass is 10.3. The molecule has 0 fully saturated rings.